The maximum atomic E-state index is 12.8. The molecule has 27 heavy (non-hydrogen) atoms. The van der Waals surface area contributed by atoms with Gasteiger partial charge in [-0.25, -0.2) is 4.79 Å². The predicted octanol–water partition coefficient (Wildman–Crippen LogP) is 2.97. The molecule has 1 fully saturated rings. The van der Waals surface area contributed by atoms with E-state index in [0.717, 1.165) is 31.7 Å². The lowest BCUT2D eigenvalue weighted by Gasteiger charge is -2.25. The van der Waals surface area contributed by atoms with Crippen molar-refractivity contribution in [3.8, 4) is 0 Å². The van der Waals surface area contributed by atoms with Crippen LogP contribution < -0.4 is 5.32 Å². The summed E-state index contributed by atoms with van der Waals surface area (Å²) in [5.41, 5.74) is 2.08. The molecule has 0 radical (unpaired) electrons. The van der Waals surface area contributed by atoms with Crippen LogP contribution in [0.2, 0.25) is 0 Å². The third kappa shape index (κ3) is 4.08. The van der Waals surface area contributed by atoms with Gasteiger partial charge >= 0.3 is 5.97 Å². The maximum absolute atomic E-state index is 12.8. The lowest BCUT2D eigenvalue weighted by Crippen LogP contribution is -2.37. The van der Waals surface area contributed by atoms with Gasteiger partial charge in [-0.15, -0.1) is 0 Å². The van der Waals surface area contributed by atoms with Crippen LogP contribution in [-0.4, -0.2) is 48.0 Å². The van der Waals surface area contributed by atoms with Gasteiger partial charge in [-0.05, 0) is 64.4 Å². The standard InChI is InChI=1S/C20H27N3O4/c1-4-26-20(25)17-13(2)18(22-14(17)3)19(24)21-12-15(16-8-7-11-27-16)23-9-5-6-10-23/h7-8,11,15,22H,4-6,9-10,12H2,1-3H3,(H,21,24). The number of amides is 1. The van der Waals surface area contributed by atoms with Crippen molar-refractivity contribution in [2.75, 3.05) is 26.2 Å². The van der Waals surface area contributed by atoms with Crippen molar-refractivity contribution in [1.29, 1.82) is 0 Å². The molecule has 146 valence electrons. The molecule has 1 amide bonds. The fourth-order valence-electron chi connectivity index (χ4n) is 3.71. The molecule has 0 aromatic carbocycles. The van der Waals surface area contributed by atoms with Crippen LogP contribution in [-0.2, 0) is 4.74 Å². The first-order chi connectivity index (χ1) is 13.0. The number of carbonyl (C=O) groups excluding carboxylic acids is 2. The molecule has 0 spiro atoms. The first kappa shape index (κ1) is 19.2. The quantitative estimate of drug-likeness (QED) is 0.729. The summed E-state index contributed by atoms with van der Waals surface area (Å²) in [7, 11) is 0. The van der Waals surface area contributed by atoms with Crippen molar-refractivity contribution < 1.29 is 18.7 Å². The molecule has 0 saturated carbocycles. The second-order valence-electron chi connectivity index (χ2n) is 6.83. The first-order valence-corrected chi connectivity index (χ1v) is 9.44. The average Bonchev–Trinajstić information content (AvgIpc) is 3.38. The molecule has 0 aliphatic carbocycles. The van der Waals surface area contributed by atoms with Crippen molar-refractivity contribution in [1.82, 2.24) is 15.2 Å². The zero-order valence-corrected chi connectivity index (χ0v) is 16.1. The monoisotopic (exact) mass is 373 g/mol. The summed E-state index contributed by atoms with van der Waals surface area (Å²) >= 11 is 0. The molecule has 1 aliphatic rings. The number of nitrogens with zero attached hydrogens (tertiary/aromatic N) is 1. The summed E-state index contributed by atoms with van der Waals surface area (Å²) in [4.78, 5) is 30.2. The molecule has 2 N–H and O–H groups in total. The van der Waals surface area contributed by atoms with Gasteiger partial charge in [0.1, 0.15) is 11.5 Å². The topological polar surface area (TPSA) is 87.6 Å². The van der Waals surface area contributed by atoms with Crippen LogP contribution in [0.4, 0.5) is 0 Å². The minimum Gasteiger partial charge on any atom is -0.468 e. The Bertz CT molecular complexity index is 789. The number of furan rings is 1. The van der Waals surface area contributed by atoms with Crippen LogP contribution >= 0.6 is 0 Å². The number of nitrogens with one attached hydrogen (secondary N) is 2. The minimum absolute atomic E-state index is 0.00680. The third-order valence-corrected chi connectivity index (χ3v) is 5.05. The minimum atomic E-state index is -0.409. The molecule has 7 heteroatoms. The van der Waals surface area contributed by atoms with E-state index >= 15 is 0 Å². The Morgan fingerprint density at radius 1 is 1.33 bits per heavy atom. The second kappa shape index (κ2) is 8.43. The molecule has 7 nitrogen and oxygen atoms in total. The molecule has 2 aromatic rings. The number of likely N-dealkylation sites (tertiary alicyclic amines) is 1. The van der Waals surface area contributed by atoms with Gasteiger partial charge < -0.3 is 19.5 Å². The third-order valence-electron chi connectivity index (χ3n) is 5.05. The van der Waals surface area contributed by atoms with E-state index in [-0.39, 0.29) is 11.9 Å². The van der Waals surface area contributed by atoms with E-state index in [0.29, 0.717) is 35.7 Å². The van der Waals surface area contributed by atoms with Gasteiger partial charge in [0, 0.05) is 12.2 Å². The summed E-state index contributed by atoms with van der Waals surface area (Å²) in [5.74, 6) is 0.207. The molecule has 1 atom stereocenters. The molecular weight excluding hydrogens is 346 g/mol. The molecule has 3 heterocycles. The van der Waals surface area contributed by atoms with Gasteiger partial charge in [0.25, 0.3) is 5.91 Å². The van der Waals surface area contributed by atoms with Gasteiger partial charge in [-0.1, -0.05) is 0 Å². The lowest BCUT2D eigenvalue weighted by atomic mass is 10.1. The van der Waals surface area contributed by atoms with E-state index in [1.54, 1.807) is 27.0 Å². The molecule has 0 bridgehead atoms. The zero-order chi connectivity index (χ0) is 19.4. The van der Waals surface area contributed by atoms with Gasteiger partial charge in [0.15, 0.2) is 0 Å². The maximum Gasteiger partial charge on any atom is 0.340 e. The second-order valence-corrected chi connectivity index (χ2v) is 6.83. The fourth-order valence-corrected chi connectivity index (χ4v) is 3.71. The molecule has 3 rings (SSSR count). The molecule has 1 aliphatic heterocycles. The number of H-pyrrole nitrogens is 1. The largest absolute Gasteiger partial charge is 0.468 e. The van der Waals surface area contributed by atoms with E-state index in [1.807, 2.05) is 12.1 Å². The average molecular weight is 373 g/mol. The van der Waals surface area contributed by atoms with Gasteiger partial charge in [-0.2, -0.15) is 0 Å². The molecule has 1 unspecified atom stereocenters. The van der Waals surface area contributed by atoms with E-state index in [4.69, 9.17) is 9.15 Å². The van der Waals surface area contributed by atoms with Crippen molar-refractivity contribution in [3.05, 3.63) is 46.7 Å². The highest BCUT2D eigenvalue weighted by Gasteiger charge is 2.27. The zero-order valence-electron chi connectivity index (χ0n) is 16.1. The number of ether oxygens (including phenoxy) is 1. The van der Waals surface area contributed by atoms with Crippen LogP contribution in [0.25, 0.3) is 0 Å². The number of hydrogen-bond donors (Lipinski definition) is 2. The van der Waals surface area contributed by atoms with Crippen LogP contribution in [0.1, 0.15) is 63.7 Å². The van der Waals surface area contributed by atoms with Crippen molar-refractivity contribution in [2.24, 2.45) is 0 Å². The van der Waals surface area contributed by atoms with Gasteiger partial charge in [0.2, 0.25) is 0 Å². The van der Waals surface area contributed by atoms with Crippen LogP contribution in [0.5, 0.6) is 0 Å². The summed E-state index contributed by atoms with van der Waals surface area (Å²) < 4.78 is 10.7. The van der Waals surface area contributed by atoms with E-state index in [2.05, 4.69) is 15.2 Å². The predicted molar refractivity (Wildman–Crippen MR) is 101 cm³/mol. The lowest BCUT2D eigenvalue weighted by molar-refractivity contribution is 0.0525. The molecular formula is C20H27N3O4. The number of carbonyl (C=O) groups is 2. The number of esters is 1. The molecule has 2 aromatic heterocycles. The van der Waals surface area contributed by atoms with E-state index < -0.39 is 5.97 Å². The highest BCUT2D eigenvalue weighted by atomic mass is 16.5. The summed E-state index contributed by atoms with van der Waals surface area (Å²) in [6.07, 6.45) is 3.97. The Kier molecular flexibility index (Phi) is 6.01. The van der Waals surface area contributed by atoms with Crippen LogP contribution in [0.3, 0.4) is 0 Å². The Balaban J connectivity index is 1.73. The highest BCUT2D eigenvalue weighted by molar-refractivity contribution is 6.00. The Labute approximate surface area is 159 Å². The number of aryl methyl sites for hydroxylation is 1. The van der Waals surface area contributed by atoms with Gasteiger partial charge in [-0.3, -0.25) is 9.69 Å². The van der Waals surface area contributed by atoms with Gasteiger partial charge in [0.05, 0.1) is 24.5 Å². The fraction of sp³-hybridized carbons (Fsp3) is 0.500. The van der Waals surface area contributed by atoms with Crippen molar-refractivity contribution in [2.45, 2.75) is 39.7 Å². The smallest absolute Gasteiger partial charge is 0.340 e. The van der Waals surface area contributed by atoms with Crippen LogP contribution in [0.15, 0.2) is 22.8 Å². The Morgan fingerprint density at radius 3 is 2.70 bits per heavy atom. The number of rotatable bonds is 7. The number of hydrogen-bond acceptors (Lipinski definition) is 5. The summed E-state index contributed by atoms with van der Waals surface area (Å²) in [6.45, 7) is 8.02. The highest BCUT2D eigenvalue weighted by Crippen LogP contribution is 2.25. The van der Waals surface area contributed by atoms with E-state index in [1.165, 1.54) is 0 Å². The normalized spacial score (nSPS) is 15.7. The van der Waals surface area contributed by atoms with Crippen molar-refractivity contribution in [3.63, 3.8) is 0 Å². The first-order valence-electron chi connectivity index (χ1n) is 9.44. The number of aromatic amines is 1. The SMILES string of the molecule is CCOC(=O)c1c(C)[nH]c(C(=O)NCC(c2ccco2)N2CCCC2)c1C. The van der Waals surface area contributed by atoms with Crippen molar-refractivity contribution >= 4 is 11.9 Å². The Hall–Kier alpha value is -2.54. The number of aromatic nitrogens is 1. The summed E-state index contributed by atoms with van der Waals surface area (Å²) in [6, 6.07) is 3.81. The van der Waals surface area contributed by atoms with Crippen LogP contribution in [0, 0.1) is 13.8 Å². The summed E-state index contributed by atoms with van der Waals surface area (Å²) in [5, 5.41) is 2.99. The Morgan fingerprint density at radius 2 is 2.07 bits per heavy atom. The van der Waals surface area contributed by atoms with E-state index in [9.17, 15) is 9.59 Å². The molecule has 1 saturated heterocycles.